The third-order valence-corrected chi connectivity index (χ3v) is 2.04. The van der Waals surface area contributed by atoms with E-state index in [0.29, 0.717) is 12.3 Å². The summed E-state index contributed by atoms with van der Waals surface area (Å²) in [4.78, 5) is 0. The van der Waals surface area contributed by atoms with E-state index in [1.165, 1.54) is 6.08 Å². The Morgan fingerprint density at radius 3 is 2.43 bits per heavy atom. The van der Waals surface area contributed by atoms with Crippen LogP contribution in [0.15, 0.2) is 23.8 Å². The van der Waals surface area contributed by atoms with Crippen LogP contribution in [0.1, 0.15) is 20.3 Å². The van der Waals surface area contributed by atoms with Crippen LogP contribution in [-0.4, -0.2) is 12.5 Å². The van der Waals surface area contributed by atoms with Gasteiger partial charge in [-0.05, 0) is 17.9 Å². The third-order valence-electron chi connectivity index (χ3n) is 2.04. The second kappa shape index (κ2) is 4.17. The van der Waals surface area contributed by atoms with Crippen molar-refractivity contribution >= 4 is 0 Å². The van der Waals surface area contributed by atoms with E-state index in [2.05, 4.69) is 4.74 Å². The van der Waals surface area contributed by atoms with Crippen molar-refractivity contribution in [2.24, 2.45) is 5.92 Å². The molecule has 0 radical (unpaired) electrons. The van der Waals surface area contributed by atoms with Gasteiger partial charge in [-0.3, -0.25) is 4.74 Å². The predicted molar refractivity (Wildman–Crippen MR) is 47.6 cm³/mol. The Bertz CT molecular complexity index is 251. The number of rotatable bonds is 2. The first-order chi connectivity index (χ1) is 6.38. The molecule has 0 saturated heterocycles. The third kappa shape index (κ3) is 3.54. The summed E-state index contributed by atoms with van der Waals surface area (Å²) in [7, 11) is 0. The van der Waals surface area contributed by atoms with Gasteiger partial charge in [0.05, 0.1) is 6.10 Å². The molecule has 1 aliphatic rings. The predicted octanol–water partition coefficient (Wildman–Crippen LogP) is 3.43. The minimum atomic E-state index is -4.54. The fraction of sp³-hybridized carbons (Fsp3) is 0.600. The lowest BCUT2D eigenvalue weighted by Gasteiger charge is -2.19. The van der Waals surface area contributed by atoms with Gasteiger partial charge in [0.2, 0.25) is 0 Å². The molecule has 0 amide bonds. The lowest BCUT2D eigenvalue weighted by Crippen LogP contribution is -2.23. The number of allylic oxidation sites excluding steroid dienone is 2. The van der Waals surface area contributed by atoms with Crippen molar-refractivity contribution < 1.29 is 17.9 Å². The van der Waals surface area contributed by atoms with E-state index in [1.807, 2.05) is 13.8 Å². The highest BCUT2D eigenvalue weighted by molar-refractivity contribution is 5.25. The molecule has 0 fully saturated rings. The smallest absolute Gasteiger partial charge is 0.284 e. The summed E-state index contributed by atoms with van der Waals surface area (Å²) in [5.74, 6) is 0.345. The van der Waals surface area contributed by atoms with Gasteiger partial charge in [-0.2, -0.15) is 0 Å². The molecule has 0 spiro atoms. The summed E-state index contributed by atoms with van der Waals surface area (Å²) < 4.78 is 39.3. The number of hydrogen-bond donors (Lipinski definition) is 0. The van der Waals surface area contributed by atoms with Gasteiger partial charge in [-0.1, -0.05) is 32.1 Å². The Hall–Kier alpha value is -0.770. The minimum absolute atomic E-state index is 0.295. The first-order valence-electron chi connectivity index (χ1n) is 4.51. The standard InChI is InChI=1S/C10H13F3O/c1-7(2)8-3-5-9(6-4-8)14-10(11,12)13/h3-5,7,9H,6H2,1-2H3. The molecule has 1 aliphatic carbocycles. The maximum atomic E-state index is 11.8. The van der Waals surface area contributed by atoms with E-state index in [0.717, 1.165) is 5.57 Å². The molecule has 1 nitrogen and oxygen atoms in total. The van der Waals surface area contributed by atoms with Gasteiger partial charge in [0.25, 0.3) is 0 Å². The van der Waals surface area contributed by atoms with Crippen LogP contribution in [-0.2, 0) is 4.74 Å². The van der Waals surface area contributed by atoms with Crippen molar-refractivity contribution in [3.63, 3.8) is 0 Å². The van der Waals surface area contributed by atoms with Gasteiger partial charge < -0.3 is 0 Å². The Morgan fingerprint density at radius 1 is 1.43 bits per heavy atom. The molecule has 0 saturated carbocycles. The zero-order valence-electron chi connectivity index (χ0n) is 8.14. The van der Waals surface area contributed by atoms with E-state index in [4.69, 9.17) is 0 Å². The average Bonchev–Trinajstić information content (AvgIpc) is 2.02. The summed E-state index contributed by atoms with van der Waals surface area (Å²) in [5.41, 5.74) is 1.06. The van der Waals surface area contributed by atoms with E-state index in [1.54, 1.807) is 12.2 Å². The summed E-state index contributed by atoms with van der Waals surface area (Å²) in [6, 6.07) is 0. The molecule has 0 N–H and O–H groups in total. The maximum absolute atomic E-state index is 11.8. The highest BCUT2D eigenvalue weighted by Gasteiger charge is 2.32. The first kappa shape index (κ1) is 11.3. The molecule has 0 aliphatic heterocycles. The lowest BCUT2D eigenvalue weighted by atomic mass is 9.96. The second-order valence-corrected chi connectivity index (χ2v) is 3.56. The molecule has 0 aromatic heterocycles. The molecule has 80 valence electrons. The van der Waals surface area contributed by atoms with Crippen LogP contribution in [0, 0.1) is 5.92 Å². The largest absolute Gasteiger partial charge is 0.523 e. The average molecular weight is 206 g/mol. The van der Waals surface area contributed by atoms with Crippen LogP contribution in [0.3, 0.4) is 0 Å². The van der Waals surface area contributed by atoms with Gasteiger partial charge >= 0.3 is 6.36 Å². The number of alkyl halides is 3. The van der Waals surface area contributed by atoms with E-state index >= 15 is 0 Å². The topological polar surface area (TPSA) is 9.23 Å². The SMILES string of the molecule is CC(C)C1=CCC(OC(F)(F)F)C=C1. The molecule has 0 bridgehead atoms. The maximum Gasteiger partial charge on any atom is 0.523 e. The molecular weight excluding hydrogens is 193 g/mol. The quantitative estimate of drug-likeness (QED) is 0.672. The van der Waals surface area contributed by atoms with Crippen molar-refractivity contribution in [1.29, 1.82) is 0 Å². The van der Waals surface area contributed by atoms with Gasteiger partial charge in [0, 0.05) is 0 Å². The second-order valence-electron chi connectivity index (χ2n) is 3.56. The van der Waals surface area contributed by atoms with Crippen LogP contribution in [0.25, 0.3) is 0 Å². The molecule has 0 aromatic carbocycles. The normalized spacial score (nSPS) is 22.7. The number of halogens is 3. The fourth-order valence-electron chi connectivity index (χ4n) is 1.30. The monoisotopic (exact) mass is 206 g/mol. The summed E-state index contributed by atoms with van der Waals surface area (Å²) in [6.07, 6.45) is -0.159. The van der Waals surface area contributed by atoms with Crippen molar-refractivity contribution in [3.8, 4) is 0 Å². The first-order valence-corrected chi connectivity index (χ1v) is 4.51. The van der Waals surface area contributed by atoms with Crippen molar-refractivity contribution in [2.45, 2.75) is 32.7 Å². The molecule has 4 heteroatoms. The van der Waals surface area contributed by atoms with Crippen LogP contribution in [0.4, 0.5) is 13.2 Å². The fourth-order valence-corrected chi connectivity index (χ4v) is 1.30. The van der Waals surface area contributed by atoms with Crippen LogP contribution >= 0.6 is 0 Å². The minimum Gasteiger partial charge on any atom is -0.284 e. The molecule has 1 unspecified atom stereocenters. The zero-order chi connectivity index (χ0) is 10.8. The summed E-state index contributed by atoms with van der Waals surface area (Å²) in [5, 5.41) is 0. The van der Waals surface area contributed by atoms with Gasteiger partial charge in [-0.15, -0.1) is 13.2 Å². The molecule has 0 heterocycles. The number of ether oxygens (including phenoxy) is 1. The molecule has 14 heavy (non-hydrogen) atoms. The zero-order valence-corrected chi connectivity index (χ0v) is 8.14. The molecule has 1 atom stereocenters. The number of hydrogen-bond acceptors (Lipinski definition) is 1. The van der Waals surface area contributed by atoms with Crippen molar-refractivity contribution in [3.05, 3.63) is 23.8 Å². The van der Waals surface area contributed by atoms with Gasteiger partial charge in [0.15, 0.2) is 0 Å². The Kier molecular flexibility index (Phi) is 3.37. The summed E-state index contributed by atoms with van der Waals surface area (Å²) >= 11 is 0. The Balaban J connectivity index is 2.49. The summed E-state index contributed by atoms with van der Waals surface area (Å²) in [6.45, 7) is 4.00. The highest BCUT2D eigenvalue weighted by atomic mass is 19.4. The van der Waals surface area contributed by atoms with E-state index in [9.17, 15) is 13.2 Å². The van der Waals surface area contributed by atoms with E-state index in [-0.39, 0.29) is 0 Å². The highest BCUT2D eigenvalue weighted by Crippen LogP contribution is 2.25. The van der Waals surface area contributed by atoms with Crippen LogP contribution in [0.5, 0.6) is 0 Å². The van der Waals surface area contributed by atoms with Crippen molar-refractivity contribution in [1.82, 2.24) is 0 Å². The van der Waals surface area contributed by atoms with Crippen molar-refractivity contribution in [2.75, 3.05) is 0 Å². The van der Waals surface area contributed by atoms with Crippen LogP contribution in [0.2, 0.25) is 0 Å². The van der Waals surface area contributed by atoms with Crippen LogP contribution < -0.4 is 0 Å². The Labute approximate surface area is 81.2 Å². The molecule has 0 aromatic rings. The van der Waals surface area contributed by atoms with E-state index < -0.39 is 12.5 Å². The van der Waals surface area contributed by atoms with Gasteiger partial charge in [-0.25, -0.2) is 0 Å². The molecular formula is C10H13F3O. The lowest BCUT2D eigenvalue weighted by molar-refractivity contribution is -0.336. The molecule has 1 rings (SSSR count). The Morgan fingerprint density at radius 2 is 2.07 bits per heavy atom. The van der Waals surface area contributed by atoms with Gasteiger partial charge in [0.1, 0.15) is 0 Å².